The fraction of sp³-hybridized carbons (Fsp3) is 0.379. The van der Waals surface area contributed by atoms with Crippen molar-refractivity contribution in [3.8, 4) is 6.07 Å². The van der Waals surface area contributed by atoms with Gasteiger partial charge in [-0.2, -0.15) is 5.26 Å². The van der Waals surface area contributed by atoms with Crippen molar-refractivity contribution >= 4 is 34.9 Å². The maximum Gasteiger partial charge on any atom is 0.281 e. The van der Waals surface area contributed by atoms with Gasteiger partial charge in [-0.25, -0.2) is 23.1 Å². The molecule has 0 radical (unpaired) electrons. The van der Waals surface area contributed by atoms with Gasteiger partial charge in [0.15, 0.2) is 11.5 Å². The molecule has 0 atom stereocenters. The lowest BCUT2D eigenvalue weighted by atomic mass is 9.74. The van der Waals surface area contributed by atoms with E-state index in [-0.39, 0.29) is 34.1 Å². The first kappa shape index (κ1) is 27.9. The van der Waals surface area contributed by atoms with Gasteiger partial charge in [-0.3, -0.25) is 14.6 Å². The van der Waals surface area contributed by atoms with Crippen LogP contribution < -0.4 is 15.1 Å². The highest BCUT2D eigenvalue weighted by Crippen LogP contribution is 2.49. The maximum absolute atomic E-state index is 14.4. The summed E-state index contributed by atoms with van der Waals surface area (Å²) in [5.74, 6) is -0.702. The van der Waals surface area contributed by atoms with E-state index in [0.717, 1.165) is 11.8 Å². The molecule has 4 heterocycles. The first-order chi connectivity index (χ1) is 20.2. The fourth-order valence-electron chi connectivity index (χ4n) is 6.31. The van der Waals surface area contributed by atoms with Gasteiger partial charge in [-0.15, -0.1) is 0 Å². The summed E-state index contributed by atoms with van der Waals surface area (Å²) in [4.78, 5) is 42.1. The van der Waals surface area contributed by atoms with E-state index in [0.29, 0.717) is 56.8 Å². The fourth-order valence-corrected chi connectivity index (χ4v) is 6.47. The van der Waals surface area contributed by atoms with Gasteiger partial charge in [0.1, 0.15) is 23.0 Å². The Morgan fingerprint density at radius 1 is 1.14 bits per heavy atom. The summed E-state index contributed by atoms with van der Waals surface area (Å²) < 4.78 is 41.1. The number of halogens is 4. The van der Waals surface area contributed by atoms with E-state index in [4.69, 9.17) is 11.6 Å². The van der Waals surface area contributed by atoms with Crippen LogP contribution in [0.3, 0.4) is 0 Å². The molecule has 1 aliphatic carbocycles. The third-order valence-corrected chi connectivity index (χ3v) is 8.59. The van der Waals surface area contributed by atoms with E-state index in [1.54, 1.807) is 11.0 Å². The largest absolute Gasteiger partial charge is 0.351 e. The van der Waals surface area contributed by atoms with Crippen LogP contribution in [0.25, 0.3) is 0 Å². The van der Waals surface area contributed by atoms with Gasteiger partial charge in [0.05, 0.1) is 16.3 Å². The van der Waals surface area contributed by atoms with Gasteiger partial charge in [0, 0.05) is 44.3 Å². The number of carbonyl (C=O) groups is 2. The van der Waals surface area contributed by atoms with Gasteiger partial charge in [-0.05, 0) is 55.4 Å². The van der Waals surface area contributed by atoms with Crippen molar-refractivity contribution in [1.29, 1.82) is 5.26 Å². The molecule has 2 aliphatic heterocycles. The van der Waals surface area contributed by atoms with Crippen LogP contribution in [-0.4, -0.2) is 52.4 Å². The highest BCUT2D eigenvalue weighted by Gasteiger charge is 2.59. The quantitative estimate of drug-likeness (QED) is 0.444. The summed E-state index contributed by atoms with van der Waals surface area (Å²) in [6.45, 7) is 0.984. The van der Waals surface area contributed by atoms with Crippen LogP contribution in [0.4, 0.5) is 24.7 Å². The predicted octanol–water partition coefficient (Wildman–Crippen LogP) is 4.57. The Balaban J connectivity index is 1.13. The van der Waals surface area contributed by atoms with Crippen LogP contribution in [0, 0.1) is 23.1 Å². The van der Waals surface area contributed by atoms with Gasteiger partial charge in [-0.1, -0.05) is 17.7 Å². The van der Waals surface area contributed by atoms with E-state index < -0.39 is 29.3 Å². The molecule has 1 spiro atoms. The Hall–Kier alpha value is -4.24. The zero-order chi connectivity index (χ0) is 29.6. The number of rotatable bonds is 6. The summed E-state index contributed by atoms with van der Waals surface area (Å²) in [6.07, 6.45) is 3.65. The van der Waals surface area contributed by atoms with E-state index in [1.165, 1.54) is 30.6 Å². The first-order valence-electron chi connectivity index (χ1n) is 13.5. The van der Waals surface area contributed by atoms with Crippen molar-refractivity contribution < 1.29 is 22.8 Å². The molecule has 216 valence electrons. The molecule has 3 aliphatic rings. The van der Waals surface area contributed by atoms with E-state index in [9.17, 15) is 28.0 Å². The summed E-state index contributed by atoms with van der Waals surface area (Å²) in [5, 5.41) is 12.3. The zero-order valence-electron chi connectivity index (χ0n) is 22.2. The smallest absolute Gasteiger partial charge is 0.281 e. The molecule has 6 rings (SSSR count). The molecule has 2 amide bonds. The summed E-state index contributed by atoms with van der Waals surface area (Å²) in [6, 6.07) is 7.39. The molecule has 9 nitrogen and oxygen atoms in total. The van der Waals surface area contributed by atoms with Crippen LogP contribution in [0.15, 0.2) is 42.9 Å². The molecule has 1 aromatic carbocycles. The Kier molecular flexibility index (Phi) is 7.22. The third-order valence-electron chi connectivity index (χ3n) is 8.39. The molecule has 0 unspecified atom stereocenters. The van der Waals surface area contributed by atoms with Gasteiger partial charge in [0.25, 0.3) is 12.3 Å². The minimum Gasteiger partial charge on any atom is -0.351 e. The highest BCUT2D eigenvalue weighted by atomic mass is 35.5. The molecule has 42 heavy (non-hydrogen) atoms. The number of nitriles is 1. The van der Waals surface area contributed by atoms with Crippen molar-refractivity contribution in [2.75, 3.05) is 29.4 Å². The number of hydrogen-bond donors (Lipinski definition) is 1. The minimum absolute atomic E-state index is 0.0924. The molecule has 2 aromatic heterocycles. The lowest BCUT2D eigenvalue weighted by Gasteiger charge is -2.47. The number of carbonyl (C=O) groups excluding carboxylic acids is 2. The second-order valence-corrected chi connectivity index (χ2v) is 11.4. The minimum atomic E-state index is -2.91. The zero-order valence-corrected chi connectivity index (χ0v) is 23.0. The molecule has 2 fully saturated rings. The van der Waals surface area contributed by atoms with E-state index >= 15 is 0 Å². The summed E-state index contributed by atoms with van der Waals surface area (Å²) >= 11 is 5.89. The second kappa shape index (κ2) is 10.9. The molecular formula is C29H25ClF3N7O2. The number of pyridine rings is 1. The number of nitrogens with zero attached hydrogens (tertiary/aromatic N) is 6. The number of benzene rings is 1. The molecule has 1 saturated carbocycles. The summed E-state index contributed by atoms with van der Waals surface area (Å²) in [5.41, 5.74) is -0.262. The van der Waals surface area contributed by atoms with Crippen molar-refractivity contribution in [3.05, 3.63) is 76.2 Å². The normalized spacial score (nSPS) is 20.8. The number of anilines is 2. The lowest BCUT2D eigenvalue weighted by molar-refractivity contribution is -0.124. The monoisotopic (exact) mass is 595 g/mol. The average Bonchev–Trinajstić information content (AvgIpc) is 3.19. The number of amides is 2. The number of aromatic nitrogens is 3. The maximum atomic E-state index is 14.4. The van der Waals surface area contributed by atoms with Crippen molar-refractivity contribution in [2.24, 2.45) is 5.92 Å². The number of alkyl halides is 2. The van der Waals surface area contributed by atoms with Crippen molar-refractivity contribution in [3.63, 3.8) is 0 Å². The molecule has 13 heteroatoms. The second-order valence-electron chi connectivity index (χ2n) is 10.9. The first-order valence-corrected chi connectivity index (χ1v) is 13.9. The van der Waals surface area contributed by atoms with Gasteiger partial charge in [0.2, 0.25) is 5.91 Å². The van der Waals surface area contributed by atoms with Crippen LogP contribution >= 0.6 is 11.6 Å². The Labute approximate surface area is 244 Å². The lowest BCUT2D eigenvalue weighted by Crippen LogP contribution is -2.64. The Morgan fingerprint density at radius 3 is 2.60 bits per heavy atom. The Bertz CT molecular complexity index is 1600. The molecule has 3 aromatic rings. The molecule has 0 bridgehead atoms. The van der Waals surface area contributed by atoms with Gasteiger partial charge < -0.3 is 15.1 Å². The van der Waals surface area contributed by atoms with Crippen LogP contribution in [-0.2, 0) is 10.2 Å². The average molecular weight is 596 g/mol. The predicted molar refractivity (Wildman–Crippen MR) is 147 cm³/mol. The number of fused-ring (bicyclic) bond motifs is 2. The Morgan fingerprint density at radius 2 is 1.88 bits per heavy atom. The van der Waals surface area contributed by atoms with E-state index in [2.05, 4.69) is 20.3 Å². The molecular weight excluding hydrogens is 571 g/mol. The van der Waals surface area contributed by atoms with Crippen molar-refractivity contribution in [2.45, 2.75) is 43.6 Å². The van der Waals surface area contributed by atoms with Crippen LogP contribution in [0.5, 0.6) is 0 Å². The number of nitrogens with one attached hydrogen (secondary N) is 1. The van der Waals surface area contributed by atoms with Crippen molar-refractivity contribution in [1.82, 2.24) is 20.3 Å². The van der Waals surface area contributed by atoms with Crippen LogP contribution in [0.1, 0.15) is 59.4 Å². The van der Waals surface area contributed by atoms with Crippen LogP contribution in [0.2, 0.25) is 5.02 Å². The van der Waals surface area contributed by atoms with Gasteiger partial charge >= 0.3 is 0 Å². The standard InChI is InChI=1S/C29H25ClF3N7O2/c30-17-9-20(24(25(32)33)37-12-17)27(41)38-19-4-1-16(2-5-19)13-40-23-10-18(31)3-6-21(23)29(28(40)42)14-39(15-29)26-22(11-34)35-7-8-36-26/h3,6-10,12,16,19,25H,1-2,4-5,13-15H2,(H,38,41). The molecule has 1 N–H and O–H groups in total. The molecule has 1 saturated heterocycles. The third kappa shape index (κ3) is 4.81. The highest BCUT2D eigenvalue weighted by molar-refractivity contribution is 6.30. The SMILES string of the molecule is N#Cc1nccnc1N1CC2(C1)C(=O)N(CC1CCC(NC(=O)c3cc(Cl)cnc3C(F)F)CC1)c1cc(F)ccc12. The topological polar surface area (TPSA) is 115 Å². The number of hydrogen-bond acceptors (Lipinski definition) is 7. The van der Waals surface area contributed by atoms with E-state index in [1.807, 2.05) is 11.0 Å². The summed E-state index contributed by atoms with van der Waals surface area (Å²) in [7, 11) is 0.